The number of carbonyl (C=O) groups excluding carboxylic acids is 1. The number of methoxy groups -OCH3 is 1. The van der Waals surface area contributed by atoms with Gasteiger partial charge in [-0.2, -0.15) is 5.26 Å². The van der Waals surface area contributed by atoms with E-state index >= 15 is 0 Å². The summed E-state index contributed by atoms with van der Waals surface area (Å²) in [6.07, 6.45) is 1.77. The van der Waals surface area contributed by atoms with Crippen molar-refractivity contribution in [2.45, 2.75) is 32.2 Å². The molecule has 1 N–H and O–H groups in total. The Balaban J connectivity index is 3.56. The van der Waals surface area contributed by atoms with Gasteiger partial charge in [-0.1, -0.05) is 6.92 Å². The zero-order chi connectivity index (χ0) is 10.1. The number of hydrogen-bond acceptors (Lipinski definition) is 3. The first-order chi connectivity index (χ1) is 6.24. The van der Waals surface area contributed by atoms with Gasteiger partial charge in [-0.15, -0.1) is 0 Å². The minimum Gasteiger partial charge on any atom is -0.385 e. The van der Waals surface area contributed by atoms with E-state index in [-0.39, 0.29) is 11.9 Å². The number of rotatable bonds is 6. The molecule has 0 saturated heterocycles. The van der Waals surface area contributed by atoms with Crippen molar-refractivity contribution in [3.8, 4) is 6.07 Å². The molecule has 0 aromatic heterocycles. The molecule has 4 nitrogen and oxygen atoms in total. The molecule has 0 aliphatic heterocycles. The van der Waals surface area contributed by atoms with E-state index in [1.807, 2.05) is 13.0 Å². The second kappa shape index (κ2) is 7.56. The van der Waals surface area contributed by atoms with E-state index in [4.69, 9.17) is 10.00 Å². The number of hydrogen-bond donors (Lipinski definition) is 1. The van der Waals surface area contributed by atoms with Crippen molar-refractivity contribution in [2.75, 3.05) is 13.7 Å². The van der Waals surface area contributed by atoms with Crippen LogP contribution < -0.4 is 5.32 Å². The lowest BCUT2D eigenvalue weighted by molar-refractivity contribution is -0.121. The normalized spacial score (nSPS) is 11.8. The van der Waals surface area contributed by atoms with Gasteiger partial charge >= 0.3 is 0 Å². The average molecular weight is 184 g/mol. The molecular weight excluding hydrogens is 168 g/mol. The molecule has 0 radical (unpaired) electrons. The maximum absolute atomic E-state index is 11.1. The molecule has 1 atom stereocenters. The largest absolute Gasteiger partial charge is 0.385 e. The molecule has 0 bridgehead atoms. The second-order valence-corrected chi connectivity index (χ2v) is 2.75. The number of nitriles is 1. The Morgan fingerprint density at radius 3 is 2.85 bits per heavy atom. The van der Waals surface area contributed by atoms with Crippen molar-refractivity contribution < 1.29 is 9.53 Å². The first-order valence-corrected chi connectivity index (χ1v) is 4.42. The van der Waals surface area contributed by atoms with E-state index in [0.717, 1.165) is 0 Å². The Kier molecular flexibility index (Phi) is 6.93. The van der Waals surface area contributed by atoms with Crippen molar-refractivity contribution in [3.63, 3.8) is 0 Å². The average Bonchev–Trinajstić information content (AvgIpc) is 2.14. The maximum atomic E-state index is 11.1. The molecule has 74 valence electrons. The summed E-state index contributed by atoms with van der Waals surface area (Å²) in [4.78, 5) is 11.1. The first kappa shape index (κ1) is 11.9. The standard InChI is InChI=1S/C9H16N2O2/c1-3-8(7-10)11-9(12)5-4-6-13-2/h8H,3-6H2,1-2H3,(H,11,12). The molecule has 0 fully saturated rings. The van der Waals surface area contributed by atoms with Gasteiger partial charge < -0.3 is 10.1 Å². The van der Waals surface area contributed by atoms with Crippen LogP contribution in [0.15, 0.2) is 0 Å². The summed E-state index contributed by atoms with van der Waals surface area (Å²) in [6, 6.07) is 1.66. The molecule has 1 amide bonds. The SMILES string of the molecule is CCC(C#N)NC(=O)CCCOC. The Hall–Kier alpha value is -1.08. The van der Waals surface area contributed by atoms with Crippen LogP contribution in [-0.4, -0.2) is 25.7 Å². The van der Waals surface area contributed by atoms with Crippen LogP contribution in [-0.2, 0) is 9.53 Å². The van der Waals surface area contributed by atoms with E-state index in [1.54, 1.807) is 7.11 Å². The number of carbonyl (C=O) groups is 1. The lowest BCUT2D eigenvalue weighted by atomic mass is 10.2. The molecule has 0 rings (SSSR count). The third kappa shape index (κ3) is 6.12. The molecule has 0 heterocycles. The maximum Gasteiger partial charge on any atom is 0.221 e. The molecule has 1 unspecified atom stereocenters. The molecule has 0 spiro atoms. The summed E-state index contributed by atoms with van der Waals surface area (Å²) in [6.45, 7) is 2.44. The quantitative estimate of drug-likeness (QED) is 0.622. The van der Waals surface area contributed by atoms with E-state index in [2.05, 4.69) is 5.32 Å². The van der Waals surface area contributed by atoms with Gasteiger partial charge in [-0.25, -0.2) is 0 Å². The van der Waals surface area contributed by atoms with Crippen molar-refractivity contribution in [1.29, 1.82) is 5.26 Å². The van der Waals surface area contributed by atoms with Gasteiger partial charge in [0.05, 0.1) is 6.07 Å². The first-order valence-electron chi connectivity index (χ1n) is 4.42. The Morgan fingerprint density at radius 1 is 1.69 bits per heavy atom. The fourth-order valence-electron chi connectivity index (χ4n) is 0.869. The molecule has 13 heavy (non-hydrogen) atoms. The van der Waals surface area contributed by atoms with E-state index in [9.17, 15) is 4.79 Å². The molecule has 0 aliphatic rings. The third-order valence-electron chi connectivity index (χ3n) is 1.65. The topological polar surface area (TPSA) is 62.1 Å². The van der Waals surface area contributed by atoms with Crippen molar-refractivity contribution in [3.05, 3.63) is 0 Å². The van der Waals surface area contributed by atoms with Gasteiger partial charge in [-0.05, 0) is 12.8 Å². The summed E-state index contributed by atoms with van der Waals surface area (Å²) in [5, 5.41) is 11.2. The number of amides is 1. The predicted molar refractivity (Wildman–Crippen MR) is 48.9 cm³/mol. The van der Waals surface area contributed by atoms with Crippen LogP contribution >= 0.6 is 0 Å². The highest BCUT2D eigenvalue weighted by Gasteiger charge is 2.07. The van der Waals surface area contributed by atoms with Crippen LogP contribution in [0.1, 0.15) is 26.2 Å². The lowest BCUT2D eigenvalue weighted by Crippen LogP contribution is -2.33. The number of nitrogens with one attached hydrogen (secondary N) is 1. The zero-order valence-electron chi connectivity index (χ0n) is 8.17. The summed E-state index contributed by atoms with van der Waals surface area (Å²) in [5.74, 6) is -0.0783. The summed E-state index contributed by atoms with van der Waals surface area (Å²) < 4.78 is 4.80. The van der Waals surface area contributed by atoms with Crippen LogP contribution in [0.4, 0.5) is 0 Å². The van der Waals surface area contributed by atoms with Crippen LogP contribution in [0.25, 0.3) is 0 Å². The van der Waals surface area contributed by atoms with Crippen molar-refractivity contribution in [2.24, 2.45) is 0 Å². The van der Waals surface area contributed by atoms with Crippen LogP contribution in [0.2, 0.25) is 0 Å². The highest BCUT2D eigenvalue weighted by molar-refractivity contribution is 5.76. The summed E-state index contributed by atoms with van der Waals surface area (Å²) in [5.41, 5.74) is 0. The van der Waals surface area contributed by atoms with Crippen LogP contribution in [0, 0.1) is 11.3 Å². The highest BCUT2D eigenvalue weighted by Crippen LogP contribution is 1.93. The van der Waals surface area contributed by atoms with Crippen LogP contribution in [0.3, 0.4) is 0 Å². The Morgan fingerprint density at radius 2 is 2.38 bits per heavy atom. The minimum absolute atomic E-state index is 0.0783. The molecule has 0 saturated carbocycles. The van der Waals surface area contributed by atoms with Gasteiger partial charge in [0.2, 0.25) is 5.91 Å². The summed E-state index contributed by atoms with van der Waals surface area (Å²) >= 11 is 0. The van der Waals surface area contributed by atoms with E-state index in [1.165, 1.54) is 0 Å². The van der Waals surface area contributed by atoms with Gasteiger partial charge in [0, 0.05) is 20.1 Å². The van der Waals surface area contributed by atoms with Gasteiger partial charge in [-0.3, -0.25) is 4.79 Å². The highest BCUT2D eigenvalue weighted by atomic mass is 16.5. The van der Waals surface area contributed by atoms with Gasteiger partial charge in [0.1, 0.15) is 6.04 Å². The van der Waals surface area contributed by atoms with Crippen molar-refractivity contribution in [1.82, 2.24) is 5.32 Å². The number of nitrogens with zero attached hydrogens (tertiary/aromatic N) is 1. The van der Waals surface area contributed by atoms with Crippen molar-refractivity contribution >= 4 is 5.91 Å². The predicted octanol–water partition coefficient (Wildman–Crippen LogP) is 0.831. The Labute approximate surface area is 78.9 Å². The van der Waals surface area contributed by atoms with Gasteiger partial charge in [0.15, 0.2) is 0 Å². The third-order valence-corrected chi connectivity index (χ3v) is 1.65. The fourth-order valence-corrected chi connectivity index (χ4v) is 0.869. The van der Waals surface area contributed by atoms with Crippen LogP contribution in [0.5, 0.6) is 0 Å². The molecule has 0 aromatic carbocycles. The van der Waals surface area contributed by atoms with E-state index in [0.29, 0.717) is 25.9 Å². The lowest BCUT2D eigenvalue weighted by Gasteiger charge is -2.08. The van der Waals surface area contributed by atoms with E-state index < -0.39 is 0 Å². The minimum atomic E-state index is -0.352. The number of ether oxygens (including phenoxy) is 1. The zero-order valence-corrected chi connectivity index (χ0v) is 8.17. The molecular formula is C9H16N2O2. The fraction of sp³-hybridized carbons (Fsp3) is 0.778. The van der Waals surface area contributed by atoms with Gasteiger partial charge in [0.25, 0.3) is 0 Å². The summed E-state index contributed by atoms with van der Waals surface area (Å²) in [7, 11) is 1.60. The monoisotopic (exact) mass is 184 g/mol. The smallest absolute Gasteiger partial charge is 0.221 e. The molecule has 4 heteroatoms. The molecule has 0 aromatic rings. The Bertz CT molecular complexity index is 187. The molecule has 0 aliphatic carbocycles. The second-order valence-electron chi connectivity index (χ2n) is 2.75.